The number of aromatic nitrogens is 2. The molecule has 86 valence electrons. The summed E-state index contributed by atoms with van der Waals surface area (Å²) in [7, 11) is 0. The molecule has 2 rings (SSSR count). The Bertz CT molecular complexity index is 372. The van der Waals surface area contributed by atoms with E-state index in [-0.39, 0.29) is 4.99 Å². The lowest BCUT2D eigenvalue weighted by Crippen LogP contribution is -2.15. The normalized spacial score (nSPS) is 16.8. The quantitative estimate of drug-likeness (QED) is 0.760. The van der Waals surface area contributed by atoms with Gasteiger partial charge in [-0.1, -0.05) is 19.1 Å². The molecule has 1 heterocycles. The number of hydrogen-bond donors (Lipinski definition) is 2. The SMILES string of the molecule is CC(CNc1cnc(C(N)=S)cn1)C1CC1. The molecule has 1 saturated carbocycles. The summed E-state index contributed by atoms with van der Waals surface area (Å²) in [5, 5.41) is 3.27. The Hall–Kier alpha value is -1.23. The van der Waals surface area contributed by atoms with Gasteiger partial charge in [0.25, 0.3) is 0 Å². The Labute approximate surface area is 101 Å². The molecule has 1 atom stereocenters. The van der Waals surface area contributed by atoms with Crippen LogP contribution < -0.4 is 11.1 Å². The number of nitrogens with two attached hydrogens (primary N) is 1. The molecule has 0 bridgehead atoms. The first-order chi connectivity index (χ1) is 7.66. The van der Waals surface area contributed by atoms with Crippen molar-refractivity contribution in [3.8, 4) is 0 Å². The summed E-state index contributed by atoms with van der Waals surface area (Å²) in [4.78, 5) is 8.62. The van der Waals surface area contributed by atoms with Crippen LogP contribution in [-0.2, 0) is 0 Å². The van der Waals surface area contributed by atoms with Crippen LogP contribution in [0, 0.1) is 11.8 Å². The van der Waals surface area contributed by atoms with Crippen LogP contribution >= 0.6 is 12.2 Å². The van der Waals surface area contributed by atoms with Gasteiger partial charge in [0, 0.05) is 6.54 Å². The van der Waals surface area contributed by atoms with Crippen molar-refractivity contribution in [1.29, 1.82) is 0 Å². The third kappa shape index (κ3) is 2.88. The van der Waals surface area contributed by atoms with Crippen molar-refractivity contribution >= 4 is 23.0 Å². The summed E-state index contributed by atoms with van der Waals surface area (Å²) in [5.41, 5.74) is 6.01. The molecule has 0 aliphatic heterocycles. The molecule has 4 nitrogen and oxygen atoms in total. The number of thiocarbonyl (C=S) groups is 1. The fraction of sp³-hybridized carbons (Fsp3) is 0.545. The van der Waals surface area contributed by atoms with Gasteiger partial charge in [-0.25, -0.2) is 9.97 Å². The molecule has 1 aliphatic carbocycles. The first kappa shape index (κ1) is 11.3. The average molecular weight is 236 g/mol. The molecule has 0 spiro atoms. The van der Waals surface area contributed by atoms with Crippen LogP contribution in [0.2, 0.25) is 0 Å². The van der Waals surface area contributed by atoms with E-state index in [1.165, 1.54) is 12.8 Å². The zero-order chi connectivity index (χ0) is 11.5. The van der Waals surface area contributed by atoms with Crippen LogP contribution in [-0.4, -0.2) is 21.5 Å². The van der Waals surface area contributed by atoms with Crippen LogP contribution in [0.25, 0.3) is 0 Å². The van der Waals surface area contributed by atoms with Gasteiger partial charge in [-0.15, -0.1) is 0 Å². The van der Waals surface area contributed by atoms with Crippen LogP contribution in [0.15, 0.2) is 12.4 Å². The maximum Gasteiger partial charge on any atom is 0.144 e. The Morgan fingerprint density at radius 2 is 2.31 bits per heavy atom. The van der Waals surface area contributed by atoms with Crippen LogP contribution in [0.5, 0.6) is 0 Å². The minimum atomic E-state index is 0.283. The van der Waals surface area contributed by atoms with Gasteiger partial charge in [0.1, 0.15) is 16.5 Å². The summed E-state index contributed by atoms with van der Waals surface area (Å²) in [6, 6.07) is 0. The molecule has 1 aliphatic rings. The molecule has 1 fully saturated rings. The van der Waals surface area contributed by atoms with Gasteiger partial charge >= 0.3 is 0 Å². The van der Waals surface area contributed by atoms with E-state index in [0.717, 1.165) is 18.3 Å². The lowest BCUT2D eigenvalue weighted by molar-refractivity contribution is 0.536. The van der Waals surface area contributed by atoms with Gasteiger partial charge in [-0.05, 0) is 24.7 Å². The molecular weight excluding hydrogens is 220 g/mol. The minimum Gasteiger partial charge on any atom is -0.388 e. The standard InChI is InChI=1S/C11H16N4S/c1-7(8-2-3-8)4-14-10-6-13-9(5-15-10)11(12)16/h5-8H,2-4H2,1H3,(H2,12,16)(H,14,15). The monoisotopic (exact) mass is 236 g/mol. The molecular formula is C11H16N4S. The minimum absolute atomic E-state index is 0.283. The van der Waals surface area contributed by atoms with Crippen LogP contribution in [0.1, 0.15) is 25.5 Å². The first-order valence-electron chi connectivity index (χ1n) is 5.52. The molecule has 0 saturated heterocycles. The highest BCUT2D eigenvalue weighted by Crippen LogP contribution is 2.36. The van der Waals surface area contributed by atoms with Crippen molar-refractivity contribution in [2.75, 3.05) is 11.9 Å². The van der Waals surface area contributed by atoms with E-state index in [0.29, 0.717) is 11.6 Å². The first-order valence-corrected chi connectivity index (χ1v) is 5.93. The van der Waals surface area contributed by atoms with Crippen LogP contribution in [0.3, 0.4) is 0 Å². The number of hydrogen-bond acceptors (Lipinski definition) is 4. The molecule has 3 N–H and O–H groups in total. The predicted octanol–water partition coefficient (Wildman–Crippen LogP) is 1.57. The van der Waals surface area contributed by atoms with E-state index in [1.54, 1.807) is 12.4 Å². The molecule has 0 radical (unpaired) electrons. The number of rotatable bonds is 5. The number of nitrogens with zero attached hydrogens (tertiary/aromatic N) is 2. The molecule has 1 aromatic rings. The second kappa shape index (κ2) is 4.74. The summed E-state index contributed by atoms with van der Waals surface area (Å²) < 4.78 is 0. The molecule has 0 amide bonds. The van der Waals surface area contributed by atoms with Gasteiger partial charge < -0.3 is 11.1 Å². The average Bonchev–Trinajstić information content (AvgIpc) is 3.10. The van der Waals surface area contributed by atoms with Gasteiger partial charge in [0.2, 0.25) is 0 Å². The third-order valence-corrected chi connectivity index (χ3v) is 3.15. The van der Waals surface area contributed by atoms with Crippen molar-refractivity contribution in [2.24, 2.45) is 17.6 Å². The lowest BCUT2D eigenvalue weighted by atomic mass is 10.1. The summed E-state index contributed by atoms with van der Waals surface area (Å²) >= 11 is 4.81. The van der Waals surface area contributed by atoms with Gasteiger partial charge in [-0.3, -0.25) is 0 Å². The largest absolute Gasteiger partial charge is 0.388 e. The smallest absolute Gasteiger partial charge is 0.144 e. The number of nitrogens with one attached hydrogen (secondary N) is 1. The second-order valence-corrected chi connectivity index (χ2v) is 4.79. The maximum atomic E-state index is 5.44. The highest BCUT2D eigenvalue weighted by Gasteiger charge is 2.27. The van der Waals surface area contributed by atoms with E-state index < -0.39 is 0 Å². The Morgan fingerprint density at radius 1 is 1.56 bits per heavy atom. The molecule has 16 heavy (non-hydrogen) atoms. The fourth-order valence-electron chi connectivity index (χ4n) is 1.64. The third-order valence-electron chi connectivity index (χ3n) is 2.94. The highest BCUT2D eigenvalue weighted by molar-refractivity contribution is 7.80. The molecule has 1 aromatic heterocycles. The Morgan fingerprint density at radius 3 is 2.81 bits per heavy atom. The van der Waals surface area contributed by atoms with E-state index in [2.05, 4.69) is 22.2 Å². The van der Waals surface area contributed by atoms with Crippen LogP contribution in [0.4, 0.5) is 5.82 Å². The highest BCUT2D eigenvalue weighted by atomic mass is 32.1. The van der Waals surface area contributed by atoms with Crippen molar-refractivity contribution in [2.45, 2.75) is 19.8 Å². The lowest BCUT2D eigenvalue weighted by Gasteiger charge is -2.11. The van der Waals surface area contributed by atoms with Crippen molar-refractivity contribution in [1.82, 2.24) is 9.97 Å². The number of anilines is 1. The summed E-state index contributed by atoms with van der Waals surface area (Å²) in [5.74, 6) is 2.39. The van der Waals surface area contributed by atoms with Gasteiger partial charge in [0.15, 0.2) is 0 Å². The van der Waals surface area contributed by atoms with Gasteiger partial charge in [0.05, 0.1) is 12.4 Å². The van der Waals surface area contributed by atoms with Crippen molar-refractivity contribution in [3.05, 3.63) is 18.1 Å². The van der Waals surface area contributed by atoms with Gasteiger partial charge in [-0.2, -0.15) is 0 Å². The van der Waals surface area contributed by atoms with E-state index >= 15 is 0 Å². The topological polar surface area (TPSA) is 63.8 Å². The second-order valence-electron chi connectivity index (χ2n) is 4.35. The fourth-order valence-corrected chi connectivity index (χ4v) is 1.75. The van der Waals surface area contributed by atoms with Crippen molar-refractivity contribution < 1.29 is 0 Å². The van der Waals surface area contributed by atoms with E-state index in [9.17, 15) is 0 Å². The Balaban J connectivity index is 1.86. The van der Waals surface area contributed by atoms with E-state index in [4.69, 9.17) is 18.0 Å². The predicted molar refractivity (Wildman–Crippen MR) is 68.3 cm³/mol. The zero-order valence-corrected chi connectivity index (χ0v) is 10.1. The molecule has 0 aromatic carbocycles. The van der Waals surface area contributed by atoms with Crippen molar-refractivity contribution in [3.63, 3.8) is 0 Å². The summed E-state index contributed by atoms with van der Waals surface area (Å²) in [6.45, 7) is 3.22. The molecule has 5 heteroatoms. The Kier molecular flexibility index (Phi) is 3.33. The van der Waals surface area contributed by atoms with E-state index in [1.807, 2.05) is 0 Å². The molecule has 1 unspecified atom stereocenters. The summed E-state index contributed by atoms with van der Waals surface area (Å²) in [6.07, 6.45) is 6.02. The maximum absolute atomic E-state index is 5.44. The zero-order valence-electron chi connectivity index (χ0n) is 9.31.